The minimum Gasteiger partial charge on any atom is -0.365 e. The number of aromatic nitrogens is 2. The number of hydrogen-bond donors (Lipinski definition) is 1. The van der Waals surface area contributed by atoms with Crippen LogP contribution in [0.15, 0.2) is 35.4 Å². The Hall–Kier alpha value is -2.43. The maximum Gasteiger partial charge on any atom is 0.263 e. The SMILES string of the molecule is CCn1c(C)c(-c2ccncc2)cc(C(N)=O)c1=O. The molecule has 0 saturated carbocycles. The van der Waals surface area contributed by atoms with Crippen molar-refractivity contribution >= 4 is 5.91 Å². The molecule has 2 aromatic rings. The molecule has 0 aliphatic heterocycles. The molecule has 0 aliphatic carbocycles. The minimum absolute atomic E-state index is 0.0132. The third kappa shape index (κ3) is 2.27. The number of amides is 1. The molecule has 0 aliphatic rings. The van der Waals surface area contributed by atoms with E-state index in [4.69, 9.17) is 5.73 Å². The lowest BCUT2D eigenvalue weighted by atomic mass is 10.0. The molecule has 5 heteroatoms. The third-order valence-corrected chi connectivity index (χ3v) is 3.13. The van der Waals surface area contributed by atoms with Crippen LogP contribution in [-0.4, -0.2) is 15.5 Å². The fourth-order valence-electron chi connectivity index (χ4n) is 2.13. The maximum atomic E-state index is 12.1. The van der Waals surface area contributed by atoms with E-state index in [9.17, 15) is 9.59 Å². The van der Waals surface area contributed by atoms with Crippen molar-refractivity contribution in [3.05, 3.63) is 52.2 Å². The standard InChI is InChI=1S/C14H15N3O2/c1-3-17-9(2)11(10-4-6-16-7-5-10)8-12(13(15)18)14(17)19/h4-8H,3H2,1-2H3,(H2,15,18). The molecule has 2 N–H and O–H groups in total. The number of rotatable bonds is 3. The lowest BCUT2D eigenvalue weighted by Gasteiger charge is -2.14. The second-order valence-electron chi connectivity index (χ2n) is 4.21. The Morgan fingerprint density at radius 3 is 2.53 bits per heavy atom. The molecule has 1 amide bonds. The van der Waals surface area contributed by atoms with E-state index in [-0.39, 0.29) is 11.1 Å². The molecular weight excluding hydrogens is 242 g/mol. The Labute approximate surface area is 110 Å². The monoisotopic (exact) mass is 257 g/mol. The summed E-state index contributed by atoms with van der Waals surface area (Å²) in [5, 5.41) is 0. The Bertz CT molecular complexity index is 675. The Balaban J connectivity index is 2.79. The molecular formula is C14H15N3O2. The fraction of sp³-hybridized carbons (Fsp3) is 0.214. The number of primary amides is 1. The zero-order chi connectivity index (χ0) is 14.0. The van der Waals surface area contributed by atoms with E-state index in [1.807, 2.05) is 26.0 Å². The van der Waals surface area contributed by atoms with Crippen LogP contribution in [0.5, 0.6) is 0 Å². The highest BCUT2D eigenvalue weighted by Gasteiger charge is 2.15. The lowest BCUT2D eigenvalue weighted by molar-refractivity contribution is 0.0998. The van der Waals surface area contributed by atoms with Gasteiger partial charge in [-0.2, -0.15) is 0 Å². The summed E-state index contributed by atoms with van der Waals surface area (Å²) in [5.74, 6) is -0.706. The van der Waals surface area contributed by atoms with Crippen LogP contribution in [-0.2, 0) is 6.54 Å². The van der Waals surface area contributed by atoms with Crippen LogP contribution in [0.1, 0.15) is 23.0 Å². The predicted molar refractivity (Wildman–Crippen MR) is 72.9 cm³/mol. The smallest absolute Gasteiger partial charge is 0.263 e. The van der Waals surface area contributed by atoms with Gasteiger partial charge in [0.15, 0.2) is 0 Å². The van der Waals surface area contributed by atoms with Crippen LogP contribution in [0.2, 0.25) is 0 Å². The third-order valence-electron chi connectivity index (χ3n) is 3.13. The summed E-state index contributed by atoms with van der Waals surface area (Å²) in [6.07, 6.45) is 3.33. The molecule has 2 aromatic heterocycles. The van der Waals surface area contributed by atoms with Crippen molar-refractivity contribution in [3.63, 3.8) is 0 Å². The molecule has 5 nitrogen and oxygen atoms in total. The highest BCUT2D eigenvalue weighted by molar-refractivity contribution is 5.93. The molecule has 19 heavy (non-hydrogen) atoms. The van der Waals surface area contributed by atoms with E-state index in [0.717, 1.165) is 16.8 Å². The Morgan fingerprint density at radius 2 is 2.00 bits per heavy atom. The molecule has 0 bridgehead atoms. The first kappa shape index (κ1) is 13.0. The minimum atomic E-state index is -0.706. The van der Waals surface area contributed by atoms with Gasteiger partial charge in [0.25, 0.3) is 11.5 Å². The van der Waals surface area contributed by atoms with Crippen molar-refractivity contribution in [1.29, 1.82) is 0 Å². The van der Waals surface area contributed by atoms with Gasteiger partial charge in [0, 0.05) is 30.2 Å². The molecule has 0 atom stereocenters. The van der Waals surface area contributed by atoms with Crippen LogP contribution in [0.25, 0.3) is 11.1 Å². The Morgan fingerprint density at radius 1 is 1.37 bits per heavy atom. The van der Waals surface area contributed by atoms with E-state index < -0.39 is 5.91 Å². The van der Waals surface area contributed by atoms with Crippen molar-refractivity contribution in [2.75, 3.05) is 0 Å². The van der Waals surface area contributed by atoms with E-state index in [1.165, 1.54) is 0 Å². The van der Waals surface area contributed by atoms with Gasteiger partial charge in [-0.05, 0) is 37.6 Å². The summed E-state index contributed by atoms with van der Waals surface area (Å²) in [6.45, 7) is 4.20. The lowest BCUT2D eigenvalue weighted by Crippen LogP contribution is -2.31. The van der Waals surface area contributed by atoms with Crippen LogP contribution >= 0.6 is 0 Å². The summed E-state index contributed by atoms with van der Waals surface area (Å²) in [5.41, 5.74) is 7.47. The van der Waals surface area contributed by atoms with Gasteiger partial charge >= 0.3 is 0 Å². The van der Waals surface area contributed by atoms with Crippen molar-refractivity contribution < 1.29 is 4.79 Å². The van der Waals surface area contributed by atoms with Gasteiger partial charge in [-0.1, -0.05) is 0 Å². The van der Waals surface area contributed by atoms with Crippen LogP contribution < -0.4 is 11.3 Å². The van der Waals surface area contributed by atoms with Crippen LogP contribution in [0.4, 0.5) is 0 Å². The first-order valence-electron chi connectivity index (χ1n) is 6.01. The summed E-state index contributed by atoms with van der Waals surface area (Å²) in [4.78, 5) is 27.4. The first-order valence-corrected chi connectivity index (χ1v) is 6.01. The molecule has 0 unspecified atom stereocenters. The molecule has 98 valence electrons. The average molecular weight is 257 g/mol. The molecule has 0 radical (unpaired) electrons. The van der Waals surface area contributed by atoms with Crippen molar-refractivity contribution in [2.24, 2.45) is 5.73 Å². The number of hydrogen-bond acceptors (Lipinski definition) is 3. The maximum absolute atomic E-state index is 12.1. The van der Waals surface area contributed by atoms with Gasteiger partial charge in [0.05, 0.1) is 0 Å². The molecule has 0 fully saturated rings. The summed E-state index contributed by atoms with van der Waals surface area (Å²) in [7, 11) is 0. The van der Waals surface area contributed by atoms with E-state index in [2.05, 4.69) is 4.98 Å². The van der Waals surface area contributed by atoms with E-state index >= 15 is 0 Å². The first-order chi connectivity index (χ1) is 9.06. The highest BCUT2D eigenvalue weighted by Crippen LogP contribution is 2.22. The molecule has 0 spiro atoms. The number of pyridine rings is 2. The highest BCUT2D eigenvalue weighted by atomic mass is 16.2. The van der Waals surface area contributed by atoms with E-state index in [1.54, 1.807) is 23.0 Å². The summed E-state index contributed by atoms with van der Waals surface area (Å²) >= 11 is 0. The number of carbonyl (C=O) groups is 1. The molecule has 2 heterocycles. The predicted octanol–water partition coefficient (Wildman–Crippen LogP) is 1.34. The number of nitrogens with zero attached hydrogens (tertiary/aromatic N) is 2. The largest absolute Gasteiger partial charge is 0.365 e. The average Bonchev–Trinajstić information content (AvgIpc) is 2.40. The van der Waals surface area contributed by atoms with Gasteiger partial charge in [0.1, 0.15) is 5.56 Å². The van der Waals surface area contributed by atoms with Gasteiger partial charge in [-0.3, -0.25) is 14.6 Å². The molecule has 2 rings (SSSR count). The molecule has 0 saturated heterocycles. The van der Waals surface area contributed by atoms with Gasteiger partial charge < -0.3 is 10.3 Å². The zero-order valence-electron chi connectivity index (χ0n) is 10.9. The van der Waals surface area contributed by atoms with Gasteiger partial charge in [-0.15, -0.1) is 0 Å². The van der Waals surface area contributed by atoms with Crippen molar-refractivity contribution in [1.82, 2.24) is 9.55 Å². The van der Waals surface area contributed by atoms with Crippen molar-refractivity contribution in [3.8, 4) is 11.1 Å². The quantitative estimate of drug-likeness (QED) is 0.901. The van der Waals surface area contributed by atoms with Gasteiger partial charge in [0.2, 0.25) is 0 Å². The number of carbonyl (C=O) groups excluding carboxylic acids is 1. The summed E-state index contributed by atoms with van der Waals surface area (Å²) < 4.78 is 1.55. The second kappa shape index (κ2) is 5.06. The Kier molecular flexibility index (Phi) is 3.46. The number of nitrogens with two attached hydrogens (primary N) is 1. The zero-order valence-corrected chi connectivity index (χ0v) is 10.9. The normalized spacial score (nSPS) is 10.4. The molecule has 0 aromatic carbocycles. The topological polar surface area (TPSA) is 78.0 Å². The summed E-state index contributed by atoms with van der Waals surface area (Å²) in [6, 6.07) is 5.22. The van der Waals surface area contributed by atoms with Crippen LogP contribution in [0.3, 0.4) is 0 Å². The fourth-order valence-corrected chi connectivity index (χ4v) is 2.13. The van der Waals surface area contributed by atoms with Crippen molar-refractivity contribution in [2.45, 2.75) is 20.4 Å². The van der Waals surface area contributed by atoms with Crippen LogP contribution in [0, 0.1) is 6.92 Å². The second-order valence-corrected chi connectivity index (χ2v) is 4.21. The van der Waals surface area contributed by atoms with Gasteiger partial charge in [-0.25, -0.2) is 0 Å². The van der Waals surface area contributed by atoms with E-state index in [0.29, 0.717) is 6.54 Å².